The molecule has 32 heavy (non-hydrogen) atoms. The van der Waals surface area contributed by atoms with Crippen molar-refractivity contribution in [3.63, 3.8) is 0 Å². The quantitative estimate of drug-likeness (QED) is 0.766. The smallest absolute Gasteiger partial charge is 0.209 e. The third-order valence-corrected chi connectivity index (χ3v) is 7.21. The van der Waals surface area contributed by atoms with Crippen LogP contribution >= 0.6 is 0 Å². The highest BCUT2D eigenvalue weighted by Gasteiger charge is 2.30. The number of nitrogens with one attached hydrogen (secondary N) is 1. The van der Waals surface area contributed by atoms with Gasteiger partial charge in [-0.3, -0.25) is 0 Å². The van der Waals surface area contributed by atoms with Crippen molar-refractivity contribution in [2.75, 3.05) is 31.6 Å². The molecule has 7 heteroatoms. The summed E-state index contributed by atoms with van der Waals surface area (Å²) in [6.07, 6.45) is 16.5. The average Bonchev–Trinajstić information content (AvgIpc) is 3.27. The van der Waals surface area contributed by atoms with E-state index in [1.165, 1.54) is 73.0 Å². The minimum atomic E-state index is 0.664. The van der Waals surface area contributed by atoms with Gasteiger partial charge in [0.2, 0.25) is 5.82 Å². The second kappa shape index (κ2) is 9.43. The molecule has 0 amide bonds. The summed E-state index contributed by atoms with van der Waals surface area (Å²) in [5.41, 5.74) is 7.71. The zero-order valence-corrected chi connectivity index (χ0v) is 19.5. The van der Waals surface area contributed by atoms with Crippen LogP contribution in [0.2, 0.25) is 0 Å². The van der Waals surface area contributed by atoms with Crippen molar-refractivity contribution in [2.24, 2.45) is 0 Å². The number of aromatic amines is 1. The van der Waals surface area contributed by atoms with Gasteiger partial charge in [-0.1, -0.05) is 24.5 Å². The lowest BCUT2D eigenvalue weighted by atomic mass is 9.88. The van der Waals surface area contributed by atoms with E-state index in [1.54, 1.807) is 0 Å². The van der Waals surface area contributed by atoms with Crippen LogP contribution in [0.4, 0.5) is 5.82 Å². The molecule has 2 aliphatic heterocycles. The van der Waals surface area contributed by atoms with Gasteiger partial charge in [0, 0.05) is 43.6 Å². The minimum absolute atomic E-state index is 0.664. The van der Waals surface area contributed by atoms with E-state index in [4.69, 9.17) is 4.98 Å². The van der Waals surface area contributed by atoms with Crippen molar-refractivity contribution in [1.29, 1.82) is 0 Å². The van der Waals surface area contributed by atoms with Gasteiger partial charge in [-0.15, -0.1) is 10.2 Å². The molecule has 1 saturated heterocycles. The summed E-state index contributed by atoms with van der Waals surface area (Å²) in [7, 11) is 2.22. The van der Waals surface area contributed by atoms with E-state index in [2.05, 4.69) is 56.5 Å². The maximum Gasteiger partial charge on any atom is 0.209 e. The molecule has 0 unspecified atom stereocenters. The summed E-state index contributed by atoms with van der Waals surface area (Å²) in [5.74, 6) is 1.72. The Hall–Kier alpha value is -2.70. The lowest BCUT2D eigenvalue weighted by Gasteiger charge is -2.33. The monoisotopic (exact) mass is 433 g/mol. The molecule has 0 atom stereocenters. The fourth-order valence-corrected chi connectivity index (χ4v) is 5.35. The molecule has 170 valence electrons. The van der Waals surface area contributed by atoms with Crippen LogP contribution < -0.4 is 4.90 Å². The molecule has 4 heterocycles. The number of tetrazole rings is 1. The van der Waals surface area contributed by atoms with Crippen LogP contribution in [0.3, 0.4) is 0 Å². The number of allylic oxidation sites excluding steroid dienone is 2. The van der Waals surface area contributed by atoms with Crippen molar-refractivity contribution < 1.29 is 0 Å². The standard InChI is InChI=1S/C25H35N7/c1-18-12-13-21(31(2)17-14-18)22-19-10-6-3-4-7-11-20(19)26-25(32-15-8-5-9-16-32)23(22)24-27-29-30-28-24/h12-13H,3-11,14-17H2,1-2H3,(H,27,28,29,30). The van der Waals surface area contributed by atoms with E-state index >= 15 is 0 Å². The molecule has 5 rings (SSSR count). The number of hydrogen-bond acceptors (Lipinski definition) is 6. The summed E-state index contributed by atoms with van der Waals surface area (Å²) in [5, 5.41) is 15.6. The fourth-order valence-electron chi connectivity index (χ4n) is 5.35. The minimum Gasteiger partial charge on any atom is -0.374 e. The number of anilines is 1. The first kappa shape index (κ1) is 21.2. The lowest BCUT2D eigenvalue weighted by molar-refractivity contribution is 0.485. The van der Waals surface area contributed by atoms with Crippen LogP contribution in [0.1, 0.15) is 75.1 Å². The van der Waals surface area contributed by atoms with Crippen LogP contribution in [-0.4, -0.2) is 57.2 Å². The van der Waals surface area contributed by atoms with Crippen molar-refractivity contribution in [3.8, 4) is 11.4 Å². The van der Waals surface area contributed by atoms with Gasteiger partial charge in [0.05, 0.1) is 5.56 Å². The Morgan fingerprint density at radius 1 is 0.844 bits per heavy atom. The van der Waals surface area contributed by atoms with Gasteiger partial charge in [0.25, 0.3) is 0 Å². The lowest BCUT2D eigenvalue weighted by Crippen LogP contribution is -2.32. The first-order valence-corrected chi connectivity index (χ1v) is 12.4. The van der Waals surface area contributed by atoms with Gasteiger partial charge in [-0.25, -0.2) is 4.98 Å². The molecule has 0 aromatic carbocycles. The molecule has 2 aromatic rings. The molecular weight excluding hydrogens is 398 g/mol. The number of pyridine rings is 1. The van der Waals surface area contributed by atoms with Crippen LogP contribution in [0.25, 0.3) is 17.1 Å². The number of nitrogens with zero attached hydrogens (tertiary/aromatic N) is 6. The van der Waals surface area contributed by atoms with Crippen LogP contribution in [-0.2, 0) is 12.8 Å². The SMILES string of the molecule is CC1=CC=C(c2c3c(nc(N4CCCCC4)c2-c2nn[nH]n2)CCCCCC3)N(C)CC1. The molecule has 0 bridgehead atoms. The first-order chi connectivity index (χ1) is 15.7. The summed E-state index contributed by atoms with van der Waals surface area (Å²) in [4.78, 5) is 10.2. The number of hydrogen-bond donors (Lipinski definition) is 1. The van der Waals surface area contributed by atoms with Crippen LogP contribution in [0.5, 0.6) is 0 Å². The van der Waals surface area contributed by atoms with Crippen molar-refractivity contribution in [1.82, 2.24) is 30.5 Å². The van der Waals surface area contributed by atoms with Gasteiger partial charge in [0.15, 0.2) is 0 Å². The zero-order chi connectivity index (χ0) is 21.9. The second-order valence-corrected chi connectivity index (χ2v) is 9.54. The normalized spacial score (nSPS) is 20.1. The van der Waals surface area contributed by atoms with E-state index in [9.17, 15) is 0 Å². The number of fused-ring (bicyclic) bond motifs is 1. The number of rotatable bonds is 3. The van der Waals surface area contributed by atoms with Gasteiger partial charge >= 0.3 is 0 Å². The number of aryl methyl sites for hydroxylation is 1. The molecule has 0 saturated carbocycles. The van der Waals surface area contributed by atoms with E-state index < -0.39 is 0 Å². The molecule has 3 aliphatic rings. The molecule has 1 N–H and O–H groups in total. The molecule has 1 aliphatic carbocycles. The third-order valence-electron chi connectivity index (χ3n) is 7.21. The Bertz CT molecular complexity index is 1000. The molecule has 0 radical (unpaired) electrons. The predicted molar refractivity (Wildman–Crippen MR) is 128 cm³/mol. The van der Waals surface area contributed by atoms with Crippen molar-refractivity contribution >= 4 is 11.5 Å². The molecular formula is C25H35N7. The fraction of sp³-hybridized carbons (Fsp3) is 0.600. The Morgan fingerprint density at radius 3 is 2.41 bits per heavy atom. The Morgan fingerprint density at radius 2 is 1.62 bits per heavy atom. The zero-order valence-electron chi connectivity index (χ0n) is 19.5. The summed E-state index contributed by atoms with van der Waals surface area (Å²) < 4.78 is 0. The first-order valence-electron chi connectivity index (χ1n) is 12.4. The molecule has 1 fully saturated rings. The maximum atomic E-state index is 5.36. The second-order valence-electron chi connectivity index (χ2n) is 9.54. The Kier molecular flexibility index (Phi) is 6.23. The van der Waals surface area contributed by atoms with Crippen LogP contribution in [0.15, 0.2) is 17.7 Å². The summed E-state index contributed by atoms with van der Waals surface area (Å²) in [6, 6.07) is 0. The van der Waals surface area contributed by atoms with Crippen molar-refractivity contribution in [3.05, 3.63) is 34.5 Å². The number of piperidine rings is 1. The highest BCUT2D eigenvalue weighted by atomic mass is 15.5. The van der Waals surface area contributed by atoms with Crippen LogP contribution in [0, 0.1) is 0 Å². The summed E-state index contributed by atoms with van der Waals surface area (Å²) >= 11 is 0. The van der Waals surface area contributed by atoms with Crippen molar-refractivity contribution in [2.45, 2.75) is 71.1 Å². The van der Waals surface area contributed by atoms with Gasteiger partial charge in [0.1, 0.15) is 5.82 Å². The largest absolute Gasteiger partial charge is 0.374 e. The number of H-pyrrole nitrogens is 1. The average molecular weight is 434 g/mol. The van der Waals surface area contributed by atoms with E-state index in [1.807, 2.05) is 0 Å². The Balaban J connectivity index is 1.79. The van der Waals surface area contributed by atoms with E-state index in [-0.39, 0.29) is 0 Å². The molecule has 7 nitrogen and oxygen atoms in total. The topological polar surface area (TPSA) is 73.8 Å². The van der Waals surface area contributed by atoms with E-state index in [0.29, 0.717) is 5.82 Å². The molecule has 2 aromatic heterocycles. The third kappa shape index (κ3) is 4.17. The highest BCUT2D eigenvalue weighted by molar-refractivity contribution is 5.88. The van der Waals surface area contributed by atoms with Gasteiger partial charge in [-0.05, 0) is 75.1 Å². The Labute approximate surface area is 191 Å². The predicted octanol–water partition coefficient (Wildman–Crippen LogP) is 4.53. The van der Waals surface area contributed by atoms with Gasteiger partial charge in [-0.2, -0.15) is 5.21 Å². The van der Waals surface area contributed by atoms with E-state index in [0.717, 1.165) is 50.3 Å². The maximum absolute atomic E-state index is 5.36. The summed E-state index contributed by atoms with van der Waals surface area (Å²) in [6.45, 7) is 5.33. The molecule has 0 spiro atoms. The highest BCUT2D eigenvalue weighted by Crippen LogP contribution is 2.41. The van der Waals surface area contributed by atoms with Gasteiger partial charge < -0.3 is 9.80 Å². The number of aromatic nitrogens is 5.